The third-order valence-electron chi connectivity index (χ3n) is 4.72. The summed E-state index contributed by atoms with van der Waals surface area (Å²) in [7, 11) is -3.85. The lowest BCUT2D eigenvalue weighted by atomic mass is 10.1. The average Bonchev–Trinajstić information content (AvgIpc) is 3.26. The van der Waals surface area contributed by atoms with Crippen LogP contribution in [0.3, 0.4) is 0 Å². The number of amides is 2. The molecule has 3 N–H and O–H groups in total. The topological polar surface area (TPSA) is 114 Å². The minimum Gasteiger partial charge on any atom is -0.376 e. The summed E-state index contributed by atoms with van der Waals surface area (Å²) in [5.41, 5.74) is 0.597. The second-order valence-corrected chi connectivity index (χ2v) is 8.75. The maximum atomic E-state index is 12.6. The van der Waals surface area contributed by atoms with Crippen LogP contribution in [0.1, 0.15) is 30.1 Å². The van der Waals surface area contributed by atoms with Crippen molar-refractivity contribution in [2.75, 3.05) is 18.5 Å². The Balaban J connectivity index is 1.64. The van der Waals surface area contributed by atoms with E-state index < -0.39 is 22.0 Å². The number of carbonyl (C=O) groups is 2. The van der Waals surface area contributed by atoms with Crippen LogP contribution >= 0.6 is 0 Å². The number of sulfonamides is 1. The van der Waals surface area contributed by atoms with E-state index in [1.807, 2.05) is 0 Å². The largest absolute Gasteiger partial charge is 0.376 e. The van der Waals surface area contributed by atoms with Gasteiger partial charge in [-0.1, -0.05) is 30.3 Å². The zero-order valence-corrected chi connectivity index (χ0v) is 17.4. The van der Waals surface area contributed by atoms with Gasteiger partial charge in [-0.25, -0.2) is 8.42 Å². The van der Waals surface area contributed by atoms with Crippen molar-refractivity contribution in [3.8, 4) is 0 Å². The summed E-state index contributed by atoms with van der Waals surface area (Å²) in [6.45, 7) is 2.54. The molecular weight excluding hydrogens is 406 g/mol. The molecule has 2 aromatic carbocycles. The van der Waals surface area contributed by atoms with E-state index in [0.717, 1.165) is 12.8 Å². The molecule has 1 aliphatic rings. The van der Waals surface area contributed by atoms with E-state index in [0.29, 0.717) is 24.4 Å². The summed E-state index contributed by atoms with van der Waals surface area (Å²) in [6.07, 6.45) is 1.88. The predicted octanol–water partition coefficient (Wildman–Crippen LogP) is 1.90. The van der Waals surface area contributed by atoms with Gasteiger partial charge < -0.3 is 15.4 Å². The molecular formula is C21H25N3O5S. The van der Waals surface area contributed by atoms with Crippen LogP contribution < -0.4 is 15.4 Å². The number of anilines is 1. The SMILES string of the molecule is C[C@H](NS(=O)(=O)c1ccccc1)C(=O)Nc1ccccc1C(=O)NCC1CCCO1. The summed E-state index contributed by atoms with van der Waals surface area (Å²) in [4.78, 5) is 25.2. The summed E-state index contributed by atoms with van der Waals surface area (Å²) >= 11 is 0. The number of carbonyl (C=O) groups excluding carboxylic acids is 2. The predicted molar refractivity (Wildman–Crippen MR) is 113 cm³/mol. The van der Waals surface area contributed by atoms with Gasteiger partial charge in [0.25, 0.3) is 5.91 Å². The fourth-order valence-corrected chi connectivity index (χ4v) is 4.32. The normalized spacial score (nSPS) is 17.3. The highest BCUT2D eigenvalue weighted by molar-refractivity contribution is 7.89. The van der Waals surface area contributed by atoms with Crippen molar-refractivity contribution < 1.29 is 22.7 Å². The van der Waals surface area contributed by atoms with Crippen molar-refractivity contribution in [1.82, 2.24) is 10.0 Å². The molecule has 1 fully saturated rings. The molecule has 1 unspecified atom stereocenters. The maximum absolute atomic E-state index is 12.6. The van der Waals surface area contributed by atoms with E-state index in [2.05, 4.69) is 15.4 Å². The van der Waals surface area contributed by atoms with Gasteiger partial charge in [0.2, 0.25) is 15.9 Å². The zero-order chi connectivity index (χ0) is 21.6. The number of hydrogen-bond donors (Lipinski definition) is 3. The molecule has 2 amide bonds. The molecule has 9 heteroatoms. The highest BCUT2D eigenvalue weighted by Crippen LogP contribution is 2.17. The Morgan fingerprint density at radius 1 is 1.10 bits per heavy atom. The van der Waals surface area contributed by atoms with Crippen LogP contribution in [0.2, 0.25) is 0 Å². The number of hydrogen-bond acceptors (Lipinski definition) is 5. The summed E-state index contributed by atoms with van der Waals surface area (Å²) in [5, 5.41) is 5.45. The first-order chi connectivity index (χ1) is 14.4. The molecule has 0 spiro atoms. The molecule has 8 nitrogen and oxygen atoms in total. The fourth-order valence-electron chi connectivity index (χ4n) is 3.09. The molecule has 0 saturated carbocycles. The Bertz CT molecular complexity index is 989. The Labute approximate surface area is 176 Å². The first-order valence-electron chi connectivity index (χ1n) is 9.74. The van der Waals surface area contributed by atoms with Gasteiger partial charge in [0.1, 0.15) is 0 Å². The van der Waals surface area contributed by atoms with Gasteiger partial charge >= 0.3 is 0 Å². The van der Waals surface area contributed by atoms with Crippen molar-refractivity contribution in [2.45, 2.75) is 36.8 Å². The molecule has 0 radical (unpaired) electrons. The van der Waals surface area contributed by atoms with Crippen molar-refractivity contribution in [3.05, 3.63) is 60.2 Å². The van der Waals surface area contributed by atoms with E-state index in [1.54, 1.807) is 42.5 Å². The Morgan fingerprint density at radius 2 is 1.80 bits per heavy atom. The molecule has 0 aromatic heterocycles. The average molecular weight is 432 g/mol. The monoisotopic (exact) mass is 431 g/mol. The lowest BCUT2D eigenvalue weighted by Gasteiger charge is -2.17. The van der Waals surface area contributed by atoms with Crippen molar-refractivity contribution in [1.29, 1.82) is 0 Å². The first-order valence-corrected chi connectivity index (χ1v) is 11.2. The van der Waals surface area contributed by atoms with Crippen molar-refractivity contribution in [2.24, 2.45) is 0 Å². The Kier molecular flexibility index (Phi) is 7.20. The van der Waals surface area contributed by atoms with Gasteiger partial charge in [0.15, 0.2) is 0 Å². The number of ether oxygens (including phenoxy) is 1. The lowest BCUT2D eigenvalue weighted by Crippen LogP contribution is -2.41. The minimum atomic E-state index is -3.85. The quantitative estimate of drug-likeness (QED) is 0.591. The summed E-state index contributed by atoms with van der Waals surface area (Å²) in [5.74, 6) is -0.909. The van der Waals surface area contributed by atoms with Crippen LogP contribution in [-0.4, -0.2) is 45.5 Å². The summed E-state index contributed by atoms with van der Waals surface area (Å²) < 4.78 is 32.7. The van der Waals surface area contributed by atoms with Crippen molar-refractivity contribution >= 4 is 27.5 Å². The van der Waals surface area contributed by atoms with Gasteiger partial charge in [-0.3, -0.25) is 9.59 Å². The van der Waals surface area contributed by atoms with Crippen molar-refractivity contribution in [3.63, 3.8) is 0 Å². The Morgan fingerprint density at radius 3 is 2.50 bits per heavy atom. The van der Waals surface area contributed by atoms with Gasteiger partial charge in [0, 0.05) is 13.2 Å². The van der Waals surface area contributed by atoms with Gasteiger partial charge in [-0.2, -0.15) is 4.72 Å². The van der Waals surface area contributed by atoms with Gasteiger partial charge in [0.05, 0.1) is 28.3 Å². The van der Waals surface area contributed by atoms with Crippen LogP contribution in [0.4, 0.5) is 5.69 Å². The number of para-hydroxylation sites is 1. The van der Waals surface area contributed by atoms with E-state index >= 15 is 0 Å². The van der Waals surface area contributed by atoms with Crippen LogP contribution in [0.5, 0.6) is 0 Å². The lowest BCUT2D eigenvalue weighted by molar-refractivity contribution is -0.117. The van der Waals surface area contributed by atoms with Crippen LogP contribution in [0.25, 0.3) is 0 Å². The molecule has 1 saturated heterocycles. The second kappa shape index (κ2) is 9.84. The van der Waals surface area contributed by atoms with Crippen LogP contribution in [0.15, 0.2) is 59.5 Å². The van der Waals surface area contributed by atoms with E-state index in [1.165, 1.54) is 19.1 Å². The van der Waals surface area contributed by atoms with Gasteiger partial charge in [-0.05, 0) is 44.0 Å². The first kappa shape index (κ1) is 21.9. The molecule has 3 rings (SSSR count). The highest BCUT2D eigenvalue weighted by Gasteiger charge is 2.23. The molecule has 1 aliphatic heterocycles. The molecule has 0 bridgehead atoms. The minimum absolute atomic E-state index is 0.00289. The molecule has 0 aliphatic carbocycles. The smallest absolute Gasteiger partial charge is 0.253 e. The molecule has 1 heterocycles. The zero-order valence-electron chi connectivity index (χ0n) is 16.6. The van der Waals surface area contributed by atoms with E-state index in [4.69, 9.17) is 4.74 Å². The number of rotatable bonds is 8. The third-order valence-corrected chi connectivity index (χ3v) is 6.28. The highest BCUT2D eigenvalue weighted by atomic mass is 32.2. The number of benzene rings is 2. The molecule has 2 aromatic rings. The summed E-state index contributed by atoms with van der Waals surface area (Å²) in [6, 6.07) is 13.3. The maximum Gasteiger partial charge on any atom is 0.253 e. The molecule has 2 atom stereocenters. The Hall–Kier alpha value is -2.75. The number of nitrogens with one attached hydrogen (secondary N) is 3. The standard InChI is InChI=1S/C21H25N3O5S/c1-15(24-30(27,28)17-9-3-2-4-10-17)20(25)23-19-12-6-5-11-18(19)21(26)22-14-16-8-7-13-29-16/h2-6,9-12,15-16,24H,7-8,13-14H2,1H3,(H,22,26)(H,23,25)/t15-,16?/m0/s1. The second-order valence-electron chi connectivity index (χ2n) is 7.04. The van der Waals surface area contributed by atoms with E-state index in [9.17, 15) is 18.0 Å². The molecule has 30 heavy (non-hydrogen) atoms. The van der Waals surface area contributed by atoms with Crippen LogP contribution in [0, 0.1) is 0 Å². The molecule has 160 valence electrons. The third kappa shape index (κ3) is 5.65. The van der Waals surface area contributed by atoms with Gasteiger partial charge in [-0.15, -0.1) is 0 Å². The van der Waals surface area contributed by atoms with E-state index in [-0.39, 0.29) is 16.9 Å². The fraction of sp³-hybridized carbons (Fsp3) is 0.333. The van der Waals surface area contributed by atoms with Crippen LogP contribution in [-0.2, 0) is 19.6 Å².